The Balaban J connectivity index is 0.000000107. The van der Waals surface area contributed by atoms with Crippen LogP contribution in [-0.2, 0) is 27.1 Å². The molecule has 3 spiro atoms. The molecule has 0 amide bonds. The van der Waals surface area contributed by atoms with Crippen LogP contribution < -0.4 is 14.7 Å². The summed E-state index contributed by atoms with van der Waals surface area (Å²) in [5, 5.41) is 0. The van der Waals surface area contributed by atoms with Gasteiger partial charge in [0.05, 0.1) is 12.3 Å². The van der Waals surface area contributed by atoms with Crippen LogP contribution in [0.2, 0.25) is 0 Å². The summed E-state index contributed by atoms with van der Waals surface area (Å²) in [5.74, 6) is 10.1. The number of para-hydroxylation sites is 2. The first-order valence-corrected chi connectivity index (χ1v) is 55.0. The summed E-state index contributed by atoms with van der Waals surface area (Å²) in [4.78, 5) is 11.4. The standard InChI is InChI=1S/C51H49N.C50H42N2.C41H37N/c1-33-11-10-15-47-49(33)45-32-43(25-26-46(45)51(47)40-28-34-27-35(30-40)31-41(51)29-34)52(42-23-19-37(20-24-42)36-12-6-5-7-13-36)48-16-9-8-14-44(48)38-17-21-39(22-18-38)50(2,3)4;1-49(2)45-12-8-7-11-41(45)42-20-18-40(30-48(42)49)52(38-16-13-34(14-17-38)33-9-5-4-6-10-33)39-19-22-47-44(29-39)43-28-37(51-3)15-21-46(43)50(47)35-24-31-23-32(26-35)27-36(50)25-31;1-27-9-8-14-39-40(27)37-26-36(19-20-38(37)41(39)32-22-28-21-29(24-32)25-33(41)23-28)42(34-12-6-3-7-13-34)35-17-15-31(16-18-35)30-10-4-2-5-11-30/h5-26,32,34-35,40-41H,27-31H2,1-4H3;4-22,28-32,35-36H,23-27H2,1-2H3;2-20,26,28-29,32-33H,21-25H2,1H3. The van der Waals surface area contributed by atoms with Gasteiger partial charge in [-0.05, 0) is 440 Å². The van der Waals surface area contributed by atoms with Gasteiger partial charge >= 0.3 is 0 Å². The van der Waals surface area contributed by atoms with Crippen LogP contribution in [0.15, 0.2) is 394 Å². The second-order valence-electron chi connectivity index (χ2n) is 47.9. The van der Waals surface area contributed by atoms with E-state index in [4.69, 9.17) is 6.57 Å². The van der Waals surface area contributed by atoms with E-state index in [1.54, 1.807) is 22.3 Å². The van der Waals surface area contributed by atoms with E-state index in [2.05, 4.69) is 462 Å². The molecule has 33 rings (SSSR count). The quantitative estimate of drug-likeness (QED) is 0.107. The van der Waals surface area contributed by atoms with Gasteiger partial charge in [0.1, 0.15) is 0 Å². The minimum absolute atomic E-state index is 0.0721. The van der Waals surface area contributed by atoms with Crippen LogP contribution in [0.5, 0.6) is 0 Å². The van der Waals surface area contributed by atoms with Crippen LogP contribution in [0.1, 0.15) is 192 Å². The van der Waals surface area contributed by atoms with E-state index < -0.39 is 0 Å². The zero-order valence-electron chi connectivity index (χ0n) is 85.4. The van der Waals surface area contributed by atoms with Gasteiger partial charge in [-0.3, -0.25) is 0 Å². The lowest BCUT2D eigenvalue weighted by Gasteiger charge is -2.61. The molecule has 16 aliphatic rings. The van der Waals surface area contributed by atoms with Crippen molar-refractivity contribution in [1.29, 1.82) is 0 Å². The molecule has 17 aromatic carbocycles. The fourth-order valence-corrected chi connectivity index (χ4v) is 33.6. The molecule has 12 saturated carbocycles. The van der Waals surface area contributed by atoms with Gasteiger partial charge in [-0.15, -0.1) is 0 Å². The third kappa shape index (κ3) is 13.9. The molecule has 4 heteroatoms. The van der Waals surface area contributed by atoms with Gasteiger partial charge < -0.3 is 14.7 Å². The van der Waals surface area contributed by atoms with Crippen molar-refractivity contribution in [2.24, 2.45) is 71.0 Å². The molecule has 16 aliphatic carbocycles. The second kappa shape index (κ2) is 34.4. The number of aryl methyl sites for hydroxylation is 2. The Morgan fingerprint density at radius 2 is 0.541 bits per heavy atom. The molecule has 0 heterocycles. The summed E-state index contributed by atoms with van der Waals surface area (Å²) in [7, 11) is 0. The van der Waals surface area contributed by atoms with Crippen molar-refractivity contribution in [1.82, 2.24) is 0 Å². The maximum atomic E-state index is 7.96. The molecule has 0 aliphatic heterocycles. The average Bonchev–Trinajstić information content (AvgIpc) is 1.51. The van der Waals surface area contributed by atoms with Gasteiger partial charge in [0, 0.05) is 72.7 Å². The average molecular weight is 1890 g/mol. The monoisotopic (exact) mass is 1890 g/mol. The molecule has 12 bridgehead atoms. The second-order valence-corrected chi connectivity index (χ2v) is 47.9. The lowest BCUT2D eigenvalue weighted by Crippen LogP contribution is -2.55. The number of nitrogens with zero attached hydrogens (tertiary/aromatic N) is 4. The van der Waals surface area contributed by atoms with E-state index in [0.29, 0.717) is 11.8 Å². The van der Waals surface area contributed by atoms with E-state index >= 15 is 0 Å². The molecule has 12 fully saturated rings. The van der Waals surface area contributed by atoms with Crippen molar-refractivity contribution in [3.05, 3.63) is 467 Å². The third-order valence-corrected chi connectivity index (χ3v) is 39.0. The van der Waals surface area contributed by atoms with Gasteiger partial charge in [-0.1, -0.05) is 320 Å². The summed E-state index contributed by atoms with van der Waals surface area (Å²) < 4.78 is 0. The number of hydrogen-bond acceptors (Lipinski definition) is 3. The number of hydrogen-bond donors (Lipinski definition) is 0. The molecule has 716 valence electrons. The highest BCUT2D eigenvalue weighted by Crippen LogP contribution is 2.74. The van der Waals surface area contributed by atoms with Crippen molar-refractivity contribution >= 4 is 56.9 Å². The minimum Gasteiger partial charge on any atom is -0.310 e. The van der Waals surface area contributed by atoms with Crippen molar-refractivity contribution in [3.63, 3.8) is 0 Å². The van der Waals surface area contributed by atoms with E-state index in [-0.39, 0.29) is 27.1 Å². The molecule has 146 heavy (non-hydrogen) atoms. The van der Waals surface area contributed by atoms with Gasteiger partial charge in [-0.2, -0.15) is 0 Å². The molecule has 17 aromatic rings. The van der Waals surface area contributed by atoms with E-state index in [1.807, 2.05) is 0 Å². The van der Waals surface area contributed by atoms with Crippen molar-refractivity contribution in [2.75, 3.05) is 14.7 Å². The van der Waals surface area contributed by atoms with Crippen LogP contribution in [0.3, 0.4) is 0 Å². The maximum Gasteiger partial charge on any atom is 0.187 e. The summed E-state index contributed by atoms with van der Waals surface area (Å²) >= 11 is 0. The van der Waals surface area contributed by atoms with Crippen LogP contribution in [0.25, 0.3) is 93.9 Å². The van der Waals surface area contributed by atoms with E-state index in [1.165, 1.54) is 270 Å². The van der Waals surface area contributed by atoms with E-state index in [0.717, 1.165) is 70.6 Å². The normalized spacial score (nSPS) is 24.9. The fraction of sp³-hybridized carbons (Fsp3) is 0.275. The van der Waals surface area contributed by atoms with Crippen molar-refractivity contribution in [2.45, 2.75) is 172 Å². The van der Waals surface area contributed by atoms with Gasteiger partial charge in [0.2, 0.25) is 0 Å². The van der Waals surface area contributed by atoms with Gasteiger partial charge in [0.25, 0.3) is 0 Å². The highest BCUT2D eigenvalue weighted by Gasteiger charge is 2.65. The van der Waals surface area contributed by atoms with Gasteiger partial charge in [-0.25, -0.2) is 4.85 Å². The van der Waals surface area contributed by atoms with Crippen LogP contribution >= 0.6 is 0 Å². The summed E-state index contributed by atoms with van der Waals surface area (Å²) in [5.41, 5.74) is 49.6. The molecule has 0 atom stereocenters. The summed E-state index contributed by atoms with van der Waals surface area (Å²) in [6.45, 7) is 24.2. The first-order chi connectivity index (χ1) is 71.4. The molecule has 0 aromatic heterocycles. The Morgan fingerprint density at radius 3 is 0.979 bits per heavy atom. The molecule has 0 saturated heterocycles. The molecule has 0 unspecified atom stereocenters. The molecular weight excluding hydrogens is 1760 g/mol. The number of rotatable bonds is 13. The smallest absolute Gasteiger partial charge is 0.187 e. The number of anilines is 9. The summed E-state index contributed by atoms with van der Waals surface area (Å²) in [6, 6.07) is 148. The first-order valence-electron chi connectivity index (χ1n) is 55.0. The third-order valence-electron chi connectivity index (χ3n) is 39.0. The minimum atomic E-state index is -0.0936. The fourth-order valence-electron chi connectivity index (χ4n) is 33.6. The Bertz CT molecular complexity index is 7940. The SMILES string of the molecule is Cc1cccc2c1-c1cc(N(c3ccc(-c4ccccc4)cc3)c3ccccc3-c3ccc(C(C)(C)C)cc3)ccc1C21C2CC3CC(C2)CC1C3.Cc1cccc2c1-c1cc(N(c3ccccc3)c3ccc(-c4ccccc4)cc3)ccc1C21C2CC3CC(C2)CC1C3.[C-]#[N+]c1ccc2c(c1)-c1cc(N(c3ccc(-c4ccccc4)cc3)c3ccc4c(c3)C(C)(C)c3ccccc3-4)ccc1C21C2CC3CC(C2)CC1C3. The van der Waals surface area contributed by atoms with E-state index in [9.17, 15) is 0 Å². The molecule has 4 nitrogen and oxygen atoms in total. The highest BCUT2D eigenvalue weighted by molar-refractivity contribution is 5.96. The predicted molar refractivity (Wildman–Crippen MR) is 607 cm³/mol. The topological polar surface area (TPSA) is 14.1 Å². The molecule has 0 N–H and O–H groups in total. The lowest BCUT2D eigenvalue weighted by atomic mass is 9.43. The van der Waals surface area contributed by atoms with Crippen LogP contribution in [0.4, 0.5) is 56.9 Å². The zero-order chi connectivity index (χ0) is 97.8. The first kappa shape index (κ1) is 89.3. The zero-order valence-corrected chi connectivity index (χ0v) is 85.4. The van der Waals surface area contributed by atoms with Crippen LogP contribution in [-0.4, -0.2) is 0 Å². The maximum absolute atomic E-state index is 7.96. The lowest BCUT2D eigenvalue weighted by molar-refractivity contribution is -0.0399. The van der Waals surface area contributed by atoms with Gasteiger partial charge in [0.15, 0.2) is 5.69 Å². The Labute approximate surface area is 864 Å². The molecule has 0 radical (unpaired) electrons. The molecular formula is C142H128N4. The van der Waals surface area contributed by atoms with Crippen molar-refractivity contribution < 1.29 is 0 Å². The largest absolute Gasteiger partial charge is 0.310 e. The highest BCUT2D eigenvalue weighted by atomic mass is 15.2. The Hall–Kier alpha value is -14.4. The van der Waals surface area contributed by atoms with Crippen molar-refractivity contribution in [3.8, 4) is 89.0 Å². The Morgan fingerprint density at radius 1 is 0.233 bits per heavy atom. The number of fused-ring (bicyclic) bond motifs is 12. The number of benzene rings is 17. The van der Waals surface area contributed by atoms with Crippen LogP contribution in [0, 0.1) is 91.4 Å². The predicted octanol–water partition coefficient (Wildman–Crippen LogP) is 38.1. The summed E-state index contributed by atoms with van der Waals surface area (Å²) in [6.07, 6.45) is 21.1. The Kier molecular flexibility index (Phi) is 21.0.